The maximum Gasteiger partial charge on any atom is 0.171 e. The van der Waals surface area contributed by atoms with Crippen LogP contribution in [0.1, 0.15) is 49.2 Å². The molecule has 1 unspecified atom stereocenters. The van der Waals surface area contributed by atoms with Gasteiger partial charge in [-0.3, -0.25) is 0 Å². The van der Waals surface area contributed by atoms with Crippen molar-refractivity contribution >= 4 is 28.6 Å². The number of benzene rings is 1. The molecular weight excluding hydrogens is 478 g/mol. The van der Waals surface area contributed by atoms with Gasteiger partial charge in [0.05, 0.1) is 17.2 Å². The summed E-state index contributed by atoms with van der Waals surface area (Å²) in [7, 11) is 0. The lowest BCUT2D eigenvalue weighted by molar-refractivity contribution is -0.0286. The molecule has 0 aliphatic carbocycles. The first-order chi connectivity index (χ1) is 17.4. The smallest absolute Gasteiger partial charge is 0.171 e. The molecule has 9 nitrogen and oxygen atoms in total. The van der Waals surface area contributed by atoms with E-state index in [1.165, 1.54) is 6.33 Å². The van der Waals surface area contributed by atoms with E-state index in [0.717, 1.165) is 40.0 Å². The first-order valence-corrected chi connectivity index (χ1v) is 13.3. The normalized spacial score (nSPS) is 22.9. The number of fused-ring (bicyclic) bond motifs is 1. The highest BCUT2D eigenvalue weighted by Gasteiger charge is 2.44. The summed E-state index contributed by atoms with van der Waals surface area (Å²) in [6.07, 6.45) is 0.762. The van der Waals surface area contributed by atoms with Crippen LogP contribution in [0, 0.1) is 6.92 Å². The quantitative estimate of drug-likeness (QED) is 0.322. The summed E-state index contributed by atoms with van der Waals surface area (Å²) in [5.74, 6) is 2.50. The third-order valence-electron chi connectivity index (χ3n) is 6.97. The Morgan fingerprint density at radius 2 is 1.94 bits per heavy atom. The lowest BCUT2D eigenvalue weighted by Crippen LogP contribution is -2.32. The van der Waals surface area contributed by atoms with E-state index in [9.17, 15) is 10.2 Å². The van der Waals surface area contributed by atoms with Crippen molar-refractivity contribution in [3.63, 3.8) is 0 Å². The summed E-state index contributed by atoms with van der Waals surface area (Å²) < 4.78 is 13.6. The van der Waals surface area contributed by atoms with Crippen LogP contribution in [0.5, 0.6) is 0 Å². The van der Waals surface area contributed by atoms with Crippen molar-refractivity contribution in [2.24, 2.45) is 0 Å². The molecule has 0 amide bonds. The van der Waals surface area contributed by atoms with E-state index in [4.69, 9.17) is 15.0 Å². The van der Waals surface area contributed by atoms with Crippen LogP contribution in [0.2, 0.25) is 0 Å². The molecule has 1 aliphatic heterocycles. The molecular formula is C26H31N5O4S. The van der Waals surface area contributed by atoms with Gasteiger partial charge in [0.1, 0.15) is 30.0 Å². The molecule has 1 fully saturated rings. The van der Waals surface area contributed by atoms with Crippen molar-refractivity contribution in [1.82, 2.24) is 19.7 Å². The minimum Gasteiger partial charge on any atom is -0.387 e. The number of aliphatic hydroxyl groups is 2. The standard InChI is InChI=1S/C26H31N5O4S/c1-4-14(2)17-10-31(25-20(17)24(27)28-13-29-25)26-22(33)21(32)19(34-26)12-36-11-18-15(3)30-35-23(18)16-8-6-5-7-9-16/h5-10,13-14,19,21-22,26,32-33H,4,11-12H2,1-3H3,(H2,27,28,29)/t14?,19-,21-,22-,26-/m1/s1. The Bertz CT molecular complexity index is 1340. The van der Waals surface area contributed by atoms with Gasteiger partial charge in [-0.15, -0.1) is 0 Å². The molecule has 0 saturated carbocycles. The van der Waals surface area contributed by atoms with Crippen molar-refractivity contribution in [3.05, 3.63) is 59.7 Å². The highest BCUT2D eigenvalue weighted by atomic mass is 32.2. The van der Waals surface area contributed by atoms with Crippen molar-refractivity contribution in [2.75, 3.05) is 11.5 Å². The van der Waals surface area contributed by atoms with Gasteiger partial charge in [-0.25, -0.2) is 9.97 Å². The Hall–Kier alpha value is -2.92. The van der Waals surface area contributed by atoms with Gasteiger partial charge in [-0.1, -0.05) is 49.3 Å². The Morgan fingerprint density at radius 1 is 1.17 bits per heavy atom. The fourth-order valence-electron chi connectivity index (χ4n) is 4.67. The number of nitrogens with two attached hydrogens (primary N) is 1. The van der Waals surface area contributed by atoms with Gasteiger partial charge in [0, 0.05) is 28.8 Å². The van der Waals surface area contributed by atoms with Crippen LogP contribution < -0.4 is 5.73 Å². The molecule has 10 heteroatoms. The topological polar surface area (TPSA) is 132 Å². The average molecular weight is 510 g/mol. The van der Waals surface area contributed by atoms with E-state index in [1.54, 1.807) is 16.3 Å². The lowest BCUT2D eigenvalue weighted by Gasteiger charge is -2.17. The second-order valence-corrected chi connectivity index (χ2v) is 10.3. The zero-order valence-electron chi connectivity index (χ0n) is 20.5. The molecule has 1 saturated heterocycles. The molecule has 1 aliphatic rings. The molecule has 4 N–H and O–H groups in total. The maximum absolute atomic E-state index is 10.9. The Kier molecular flexibility index (Phi) is 7.03. The number of thioether (sulfide) groups is 1. The molecule has 5 atom stereocenters. The van der Waals surface area contributed by atoms with Gasteiger partial charge < -0.3 is 29.8 Å². The number of anilines is 1. The lowest BCUT2D eigenvalue weighted by atomic mass is 9.99. The summed E-state index contributed by atoms with van der Waals surface area (Å²) >= 11 is 1.60. The van der Waals surface area contributed by atoms with Crippen molar-refractivity contribution in [3.8, 4) is 11.3 Å². The van der Waals surface area contributed by atoms with Gasteiger partial charge in [-0.05, 0) is 24.8 Å². The molecule has 190 valence electrons. The first-order valence-electron chi connectivity index (χ1n) is 12.1. The van der Waals surface area contributed by atoms with E-state index < -0.39 is 24.5 Å². The molecule has 0 bridgehead atoms. The third kappa shape index (κ3) is 4.39. The molecule has 36 heavy (non-hydrogen) atoms. The number of rotatable bonds is 8. The zero-order valence-corrected chi connectivity index (χ0v) is 21.4. The molecule has 3 aromatic heterocycles. The van der Waals surface area contributed by atoms with Gasteiger partial charge in [0.25, 0.3) is 0 Å². The Morgan fingerprint density at radius 3 is 2.69 bits per heavy atom. The predicted molar refractivity (Wildman–Crippen MR) is 139 cm³/mol. The van der Waals surface area contributed by atoms with E-state index in [-0.39, 0.29) is 5.92 Å². The molecule has 4 aromatic rings. The van der Waals surface area contributed by atoms with Crippen molar-refractivity contribution in [1.29, 1.82) is 0 Å². The number of aryl methyl sites for hydroxylation is 1. The molecule has 1 aromatic carbocycles. The van der Waals surface area contributed by atoms with Crippen LogP contribution in [0.3, 0.4) is 0 Å². The number of nitrogen functional groups attached to an aromatic ring is 1. The average Bonchev–Trinajstić information content (AvgIpc) is 3.54. The van der Waals surface area contributed by atoms with Gasteiger partial charge >= 0.3 is 0 Å². The van der Waals surface area contributed by atoms with Crippen LogP contribution in [0.4, 0.5) is 5.82 Å². The van der Waals surface area contributed by atoms with E-state index in [1.807, 2.05) is 43.5 Å². The summed E-state index contributed by atoms with van der Waals surface area (Å²) in [6.45, 7) is 6.14. The minimum atomic E-state index is -1.11. The van der Waals surface area contributed by atoms with E-state index in [2.05, 4.69) is 29.0 Å². The monoisotopic (exact) mass is 509 g/mol. The van der Waals surface area contributed by atoms with Crippen LogP contribution in [-0.2, 0) is 10.5 Å². The summed E-state index contributed by atoms with van der Waals surface area (Å²) in [4.78, 5) is 8.59. The number of ether oxygens (including phenoxy) is 1. The van der Waals surface area contributed by atoms with Crippen LogP contribution >= 0.6 is 11.8 Å². The fraction of sp³-hybridized carbons (Fsp3) is 0.423. The minimum absolute atomic E-state index is 0.225. The number of aliphatic hydroxyl groups excluding tert-OH is 2. The number of aromatic nitrogens is 4. The SMILES string of the molecule is CCC(C)c1cn([C@@H]2O[C@H](CSCc3c(C)noc3-c3ccccc3)[C@@H](O)[C@H]2O)c2ncnc(N)c12. The van der Waals surface area contributed by atoms with E-state index >= 15 is 0 Å². The summed E-state index contributed by atoms with van der Waals surface area (Å²) in [6, 6.07) is 9.87. The molecule has 5 rings (SSSR count). The largest absolute Gasteiger partial charge is 0.387 e. The van der Waals surface area contributed by atoms with Gasteiger partial charge in [0.15, 0.2) is 12.0 Å². The van der Waals surface area contributed by atoms with Gasteiger partial charge in [0.2, 0.25) is 0 Å². The zero-order chi connectivity index (χ0) is 25.4. The molecule has 0 radical (unpaired) electrons. The van der Waals surface area contributed by atoms with Crippen LogP contribution in [-0.4, -0.2) is 54.0 Å². The molecule has 4 heterocycles. The Balaban J connectivity index is 1.33. The summed E-state index contributed by atoms with van der Waals surface area (Å²) in [5, 5.41) is 26.7. The second kappa shape index (κ2) is 10.2. The van der Waals surface area contributed by atoms with Crippen molar-refractivity contribution in [2.45, 2.75) is 63.4 Å². The fourth-order valence-corrected chi connectivity index (χ4v) is 5.84. The highest BCUT2D eigenvalue weighted by molar-refractivity contribution is 7.98. The number of hydrogen-bond acceptors (Lipinski definition) is 9. The second-order valence-electron chi connectivity index (χ2n) is 9.26. The number of hydrogen-bond donors (Lipinski definition) is 3. The highest BCUT2D eigenvalue weighted by Crippen LogP contribution is 2.38. The predicted octanol–water partition coefficient (Wildman–Crippen LogP) is 4.04. The van der Waals surface area contributed by atoms with Crippen molar-refractivity contribution < 1.29 is 19.5 Å². The Labute approximate surface area is 213 Å². The summed E-state index contributed by atoms with van der Waals surface area (Å²) in [5.41, 5.74) is 10.6. The first kappa shape index (κ1) is 24.8. The van der Waals surface area contributed by atoms with Gasteiger partial charge in [-0.2, -0.15) is 11.8 Å². The van der Waals surface area contributed by atoms with Crippen LogP contribution in [0.15, 0.2) is 47.4 Å². The number of nitrogens with zero attached hydrogens (tertiary/aromatic N) is 4. The van der Waals surface area contributed by atoms with Crippen LogP contribution in [0.25, 0.3) is 22.4 Å². The molecule has 0 spiro atoms. The third-order valence-corrected chi connectivity index (χ3v) is 8.03. The van der Waals surface area contributed by atoms with E-state index in [0.29, 0.717) is 23.0 Å². The maximum atomic E-state index is 10.9.